The highest BCUT2D eigenvalue weighted by Gasteiger charge is 2.48. The minimum Gasteiger partial charge on any atom is -0.388 e. The number of amides is 1. The number of hydrogen-bond acceptors (Lipinski definition) is 5. The van der Waals surface area contributed by atoms with Crippen LogP contribution in [0.5, 0.6) is 0 Å². The lowest BCUT2D eigenvalue weighted by molar-refractivity contribution is -0.169. The van der Waals surface area contributed by atoms with Gasteiger partial charge in [-0.3, -0.25) is 14.4 Å². The van der Waals surface area contributed by atoms with Crippen molar-refractivity contribution in [1.82, 2.24) is 4.90 Å². The summed E-state index contributed by atoms with van der Waals surface area (Å²) in [6.07, 6.45) is -2.82. The van der Waals surface area contributed by atoms with Crippen LogP contribution in [0.15, 0.2) is 0 Å². The van der Waals surface area contributed by atoms with Gasteiger partial charge in [0.1, 0.15) is 18.0 Å². The molecule has 2 aliphatic rings. The lowest BCUT2D eigenvalue weighted by atomic mass is 9.87. The fourth-order valence-corrected chi connectivity index (χ4v) is 2.05. The predicted octanol–water partition coefficient (Wildman–Crippen LogP) is -2.15. The molecule has 6 nitrogen and oxygen atoms in total. The maximum absolute atomic E-state index is 11.4. The van der Waals surface area contributed by atoms with E-state index in [0.29, 0.717) is 0 Å². The number of nitrogens with zero attached hydrogens (tertiary/aromatic N) is 1. The topological polar surface area (TPSA) is 94.9 Å². The Morgan fingerprint density at radius 1 is 1.20 bits per heavy atom. The van der Waals surface area contributed by atoms with E-state index >= 15 is 0 Å². The summed E-state index contributed by atoms with van der Waals surface area (Å²) in [4.78, 5) is 34.9. The van der Waals surface area contributed by atoms with E-state index in [1.54, 1.807) is 0 Å². The molecule has 0 radical (unpaired) electrons. The van der Waals surface area contributed by atoms with Crippen LogP contribution in [0.25, 0.3) is 0 Å². The zero-order chi connectivity index (χ0) is 11.2. The molecule has 0 spiro atoms. The number of Topliss-reactive ketones (excluding diaryl/α,β-unsaturated/α-hetero) is 2. The van der Waals surface area contributed by atoms with Gasteiger partial charge in [0, 0.05) is 19.4 Å². The monoisotopic (exact) mass is 213 g/mol. The van der Waals surface area contributed by atoms with E-state index in [9.17, 15) is 24.6 Å². The van der Waals surface area contributed by atoms with E-state index in [-0.39, 0.29) is 25.2 Å². The highest BCUT2D eigenvalue weighted by molar-refractivity contribution is 6.38. The molecule has 0 aromatic rings. The minimum absolute atomic E-state index is 0.0112. The van der Waals surface area contributed by atoms with Crippen molar-refractivity contribution >= 4 is 17.5 Å². The molecule has 2 N–H and O–H groups in total. The summed E-state index contributed by atoms with van der Waals surface area (Å²) in [5.74, 6) is -1.86. The van der Waals surface area contributed by atoms with Crippen LogP contribution < -0.4 is 0 Å². The minimum atomic E-state index is -1.69. The third-order valence-electron chi connectivity index (χ3n) is 2.93. The quantitative estimate of drug-likeness (QED) is 0.447. The zero-order valence-corrected chi connectivity index (χ0v) is 7.92. The summed E-state index contributed by atoms with van der Waals surface area (Å²) in [5, 5.41) is 18.8. The van der Waals surface area contributed by atoms with Crippen LogP contribution in [0, 0.1) is 0 Å². The zero-order valence-electron chi connectivity index (χ0n) is 7.92. The Hall–Kier alpha value is -1.27. The molecular weight excluding hydrogens is 202 g/mol. The fourth-order valence-electron chi connectivity index (χ4n) is 2.05. The third-order valence-corrected chi connectivity index (χ3v) is 2.93. The largest absolute Gasteiger partial charge is 0.388 e. The first-order valence-corrected chi connectivity index (χ1v) is 4.75. The van der Waals surface area contributed by atoms with Gasteiger partial charge in [0.2, 0.25) is 0 Å². The van der Waals surface area contributed by atoms with Crippen molar-refractivity contribution in [3.05, 3.63) is 0 Å². The number of fused-ring (bicyclic) bond motifs is 1. The maximum Gasteiger partial charge on any atom is 0.293 e. The molecule has 2 heterocycles. The Balaban J connectivity index is 2.28. The number of aliphatic hydroxyl groups is 2. The van der Waals surface area contributed by atoms with Crippen LogP contribution >= 0.6 is 0 Å². The van der Waals surface area contributed by atoms with Gasteiger partial charge in [-0.15, -0.1) is 0 Å². The van der Waals surface area contributed by atoms with Gasteiger partial charge in [0.05, 0.1) is 6.04 Å². The van der Waals surface area contributed by atoms with Crippen LogP contribution in [-0.2, 0) is 14.4 Å². The molecule has 0 aromatic heterocycles. The van der Waals surface area contributed by atoms with Crippen molar-refractivity contribution in [3.63, 3.8) is 0 Å². The van der Waals surface area contributed by atoms with Crippen LogP contribution in [0.1, 0.15) is 12.8 Å². The normalized spacial score (nSPS) is 36.8. The van der Waals surface area contributed by atoms with Gasteiger partial charge < -0.3 is 15.1 Å². The van der Waals surface area contributed by atoms with E-state index in [1.165, 1.54) is 4.90 Å². The fraction of sp³-hybridized carbons (Fsp3) is 0.667. The number of carbonyl (C=O) groups is 3. The van der Waals surface area contributed by atoms with Gasteiger partial charge in [-0.05, 0) is 0 Å². The molecule has 0 bridgehead atoms. The Kier molecular flexibility index (Phi) is 2.32. The molecule has 2 rings (SSSR count). The highest BCUT2D eigenvalue weighted by atomic mass is 16.3. The number of carbonyl (C=O) groups excluding carboxylic acids is 3. The van der Waals surface area contributed by atoms with Crippen molar-refractivity contribution in [1.29, 1.82) is 0 Å². The number of ketones is 2. The third kappa shape index (κ3) is 1.46. The number of hydrogen-bond donors (Lipinski definition) is 2. The lowest BCUT2D eigenvalue weighted by Crippen LogP contribution is -2.64. The summed E-state index contributed by atoms with van der Waals surface area (Å²) in [5.41, 5.74) is 0. The summed E-state index contributed by atoms with van der Waals surface area (Å²) in [6, 6.07) is -0.744. The molecule has 3 unspecified atom stereocenters. The Labute approximate surface area is 85.5 Å². The molecule has 15 heavy (non-hydrogen) atoms. The SMILES string of the molecule is O=C1CCN2C(=O)C(=O)C(O)C(O)C2C1. The van der Waals surface area contributed by atoms with Crippen LogP contribution in [-0.4, -0.2) is 57.4 Å². The second-order valence-electron chi connectivity index (χ2n) is 3.86. The molecule has 2 aliphatic heterocycles. The average Bonchev–Trinajstić information content (AvgIpc) is 2.23. The number of piperidine rings is 2. The maximum atomic E-state index is 11.4. The van der Waals surface area contributed by atoms with E-state index in [0.717, 1.165) is 0 Å². The van der Waals surface area contributed by atoms with E-state index < -0.39 is 29.9 Å². The lowest BCUT2D eigenvalue weighted by Gasteiger charge is -2.42. The second kappa shape index (κ2) is 3.39. The Bertz CT molecular complexity index is 339. The molecule has 0 aliphatic carbocycles. The van der Waals surface area contributed by atoms with Gasteiger partial charge in [-0.1, -0.05) is 0 Å². The first-order chi connectivity index (χ1) is 7.02. The molecule has 3 atom stereocenters. The standard InChI is InChI=1S/C9H11NO5/c11-4-1-2-10-5(3-4)6(12)7(13)8(14)9(10)15/h5-7,12-13H,1-3H2. The summed E-state index contributed by atoms with van der Waals surface area (Å²) in [6.45, 7) is 0.151. The average molecular weight is 213 g/mol. The molecule has 2 fully saturated rings. The molecule has 82 valence electrons. The van der Waals surface area contributed by atoms with Crippen molar-refractivity contribution in [2.24, 2.45) is 0 Å². The first-order valence-electron chi connectivity index (χ1n) is 4.75. The molecule has 2 saturated heterocycles. The van der Waals surface area contributed by atoms with E-state index in [2.05, 4.69) is 0 Å². The van der Waals surface area contributed by atoms with Crippen LogP contribution in [0.3, 0.4) is 0 Å². The van der Waals surface area contributed by atoms with Gasteiger partial charge in [-0.2, -0.15) is 0 Å². The van der Waals surface area contributed by atoms with E-state index in [4.69, 9.17) is 0 Å². The molecule has 6 heteroatoms. The molecule has 1 amide bonds. The molecular formula is C9H11NO5. The second-order valence-corrected chi connectivity index (χ2v) is 3.86. The Morgan fingerprint density at radius 2 is 1.87 bits per heavy atom. The Morgan fingerprint density at radius 3 is 2.53 bits per heavy atom. The van der Waals surface area contributed by atoms with Gasteiger partial charge in [0.25, 0.3) is 11.7 Å². The number of rotatable bonds is 0. The van der Waals surface area contributed by atoms with Crippen LogP contribution in [0.4, 0.5) is 0 Å². The number of aliphatic hydroxyl groups excluding tert-OH is 2. The van der Waals surface area contributed by atoms with Crippen molar-refractivity contribution in [2.45, 2.75) is 31.1 Å². The van der Waals surface area contributed by atoms with E-state index in [1.807, 2.05) is 0 Å². The van der Waals surface area contributed by atoms with Crippen molar-refractivity contribution in [3.8, 4) is 0 Å². The van der Waals surface area contributed by atoms with Crippen molar-refractivity contribution in [2.75, 3.05) is 6.54 Å². The molecule has 0 aromatic carbocycles. The van der Waals surface area contributed by atoms with Crippen molar-refractivity contribution < 1.29 is 24.6 Å². The smallest absolute Gasteiger partial charge is 0.293 e. The highest BCUT2D eigenvalue weighted by Crippen LogP contribution is 2.24. The molecule has 0 saturated carbocycles. The van der Waals surface area contributed by atoms with Crippen LogP contribution in [0.2, 0.25) is 0 Å². The summed E-state index contributed by atoms with van der Waals surface area (Å²) in [7, 11) is 0. The summed E-state index contributed by atoms with van der Waals surface area (Å²) < 4.78 is 0. The van der Waals surface area contributed by atoms with Gasteiger partial charge in [-0.25, -0.2) is 0 Å². The predicted molar refractivity (Wildman–Crippen MR) is 46.8 cm³/mol. The van der Waals surface area contributed by atoms with Gasteiger partial charge in [0.15, 0.2) is 0 Å². The van der Waals surface area contributed by atoms with Gasteiger partial charge >= 0.3 is 0 Å². The first kappa shape index (κ1) is 10.3. The summed E-state index contributed by atoms with van der Waals surface area (Å²) >= 11 is 0.